The zero-order valence-electron chi connectivity index (χ0n) is 12.2. The summed E-state index contributed by atoms with van der Waals surface area (Å²) in [4.78, 5) is 18.0. The number of pyridine rings is 1. The topological polar surface area (TPSA) is 85.7 Å². The first kappa shape index (κ1) is 15.7. The van der Waals surface area contributed by atoms with Gasteiger partial charge in [-0.05, 0) is 37.9 Å². The number of nitrogens with one attached hydrogen (secondary N) is 1. The number of aromatic nitrogens is 1. The van der Waals surface area contributed by atoms with Crippen LogP contribution >= 0.6 is 0 Å². The molecule has 1 aliphatic rings. The molecule has 0 spiro atoms. The molecule has 1 saturated heterocycles. The maximum absolute atomic E-state index is 11.8. The summed E-state index contributed by atoms with van der Waals surface area (Å²) in [6.45, 7) is 2.70. The normalized spacial score (nSPS) is 19.4. The van der Waals surface area contributed by atoms with Crippen molar-refractivity contribution < 1.29 is 15.0 Å². The molecule has 3 N–H and O–H groups in total. The molecule has 2 heterocycles. The molecule has 21 heavy (non-hydrogen) atoms. The van der Waals surface area contributed by atoms with Crippen molar-refractivity contribution in [3.8, 4) is 5.75 Å². The number of nitrogens with zero attached hydrogens (tertiary/aromatic N) is 2. The van der Waals surface area contributed by atoms with Gasteiger partial charge in [-0.3, -0.25) is 9.69 Å². The van der Waals surface area contributed by atoms with Gasteiger partial charge in [-0.1, -0.05) is 6.42 Å². The molecule has 0 radical (unpaired) electrons. The highest BCUT2D eigenvalue weighted by Gasteiger charge is 2.20. The van der Waals surface area contributed by atoms with E-state index < -0.39 is 0 Å². The lowest BCUT2D eigenvalue weighted by molar-refractivity contribution is 0.0867. The number of hydrogen-bond donors (Lipinski definition) is 3. The third-order valence-corrected chi connectivity index (χ3v) is 3.85. The van der Waals surface area contributed by atoms with Crippen molar-refractivity contribution in [1.82, 2.24) is 15.2 Å². The average molecular weight is 293 g/mol. The molecule has 0 bridgehead atoms. The van der Waals surface area contributed by atoms with Gasteiger partial charge in [0.15, 0.2) is 0 Å². The van der Waals surface area contributed by atoms with Crippen LogP contribution in [-0.2, 0) is 0 Å². The van der Waals surface area contributed by atoms with Gasteiger partial charge in [0.05, 0.1) is 12.8 Å². The van der Waals surface area contributed by atoms with Gasteiger partial charge in [0.25, 0.3) is 5.91 Å². The highest BCUT2D eigenvalue weighted by atomic mass is 16.3. The van der Waals surface area contributed by atoms with Crippen LogP contribution in [0.3, 0.4) is 0 Å². The second-order valence-corrected chi connectivity index (χ2v) is 5.38. The van der Waals surface area contributed by atoms with Gasteiger partial charge >= 0.3 is 0 Å². The number of likely N-dealkylation sites (tertiary alicyclic amines) is 1. The molecule has 1 fully saturated rings. The Morgan fingerprint density at radius 1 is 1.43 bits per heavy atom. The number of piperidine rings is 1. The van der Waals surface area contributed by atoms with Crippen LogP contribution in [0, 0.1) is 0 Å². The Hall–Kier alpha value is -1.66. The van der Waals surface area contributed by atoms with Crippen molar-refractivity contribution in [1.29, 1.82) is 0 Å². The minimum absolute atomic E-state index is 0.0479. The van der Waals surface area contributed by atoms with Crippen molar-refractivity contribution in [2.24, 2.45) is 0 Å². The minimum Gasteiger partial charge on any atom is -0.506 e. The van der Waals surface area contributed by atoms with Crippen molar-refractivity contribution in [3.63, 3.8) is 0 Å². The quantitative estimate of drug-likeness (QED) is 0.674. The monoisotopic (exact) mass is 293 g/mol. The Labute approximate surface area is 124 Å². The fourth-order valence-corrected chi connectivity index (χ4v) is 2.66. The first-order valence-corrected chi connectivity index (χ1v) is 7.49. The van der Waals surface area contributed by atoms with Gasteiger partial charge in [-0.25, -0.2) is 4.98 Å². The first-order valence-electron chi connectivity index (χ1n) is 7.49. The summed E-state index contributed by atoms with van der Waals surface area (Å²) in [6.07, 6.45) is 5.53. The molecule has 6 nitrogen and oxygen atoms in total. The minimum atomic E-state index is -0.229. The summed E-state index contributed by atoms with van der Waals surface area (Å²) in [7, 11) is 0. The molecule has 2 rings (SSSR count). The van der Waals surface area contributed by atoms with Crippen LogP contribution in [0.5, 0.6) is 5.75 Å². The standard InChI is InChI=1S/C15H23N3O3/c19-11-12-4-1-2-8-18(12)9-3-7-16-15(21)14-6-5-13(20)10-17-14/h5-6,10,12,19-20H,1-4,7-9,11H2,(H,16,21)/t12-/m0/s1. The van der Waals surface area contributed by atoms with E-state index in [1.807, 2.05) is 0 Å². The van der Waals surface area contributed by atoms with Crippen molar-refractivity contribution >= 4 is 5.91 Å². The van der Waals surface area contributed by atoms with E-state index in [-0.39, 0.29) is 24.3 Å². The predicted octanol–water partition coefficient (Wildman–Crippen LogP) is 0.754. The Morgan fingerprint density at radius 2 is 2.29 bits per heavy atom. The molecule has 1 aliphatic heterocycles. The summed E-state index contributed by atoms with van der Waals surface area (Å²) in [5, 5.41) is 21.3. The molecule has 0 unspecified atom stereocenters. The highest BCUT2D eigenvalue weighted by molar-refractivity contribution is 5.92. The predicted molar refractivity (Wildman–Crippen MR) is 79.1 cm³/mol. The summed E-state index contributed by atoms with van der Waals surface area (Å²) in [5.41, 5.74) is 0.305. The van der Waals surface area contributed by atoms with Crippen LogP contribution in [0.15, 0.2) is 18.3 Å². The van der Waals surface area contributed by atoms with Gasteiger partial charge in [0.1, 0.15) is 11.4 Å². The Morgan fingerprint density at radius 3 is 3.00 bits per heavy atom. The third-order valence-electron chi connectivity index (χ3n) is 3.85. The van der Waals surface area contributed by atoms with Gasteiger partial charge in [0.2, 0.25) is 0 Å². The van der Waals surface area contributed by atoms with Crippen LogP contribution < -0.4 is 5.32 Å². The van der Waals surface area contributed by atoms with Crippen molar-refractivity contribution in [2.45, 2.75) is 31.7 Å². The molecule has 116 valence electrons. The molecule has 1 amide bonds. The number of amides is 1. The van der Waals surface area contributed by atoms with Crippen LogP contribution in [-0.4, -0.2) is 58.3 Å². The van der Waals surface area contributed by atoms with Gasteiger partial charge in [-0.2, -0.15) is 0 Å². The number of aliphatic hydroxyl groups is 1. The average Bonchev–Trinajstić information content (AvgIpc) is 2.52. The molecule has 0 saturated carbocycles. The summed E-state index contributed by atoms with van der Waals surface area (Å²) >= 11 is 0. The highest BCUT2D eigenvalue weighted by Crippen LogP contribution is 2.16. The molecule has 1 aromatic heterocycles. The number of rotatable bonds is 6. The van der Waals surface area contributed by atoms with Crippen LogP contribution in [0.1, 0.15) is 36.2 Å². The Kier molecular flexibility index (Phi) is 5.95. The lowest BCUT2D eigenvalue weighted by Crippen LogP contribution is -2.43. The maximum Gasteiger partial charge on any atom is 0.269 e. The van der Waals surface area contributed by atoms with Crippen molar-refractivity contribution in [3.05, 3.63) is 24.0 Å². The lowest BCUT2D eigenvalue weighted by atomic mass is 10.0. The molecule has 1 aromatic rings. The van der Waals surface area contributed by atoms with E-state index >= 15 is 0 Å². The summed E-state index contributed by atoms with van der Waals surface area (Å²) in [6, 6.07) is 3.21. The van der Waals surface area contributed by atoms with Crippen LogP contribution in [0.4, 0.5) is 0 Å². The fraction of sp³-hybridized carbons (Fsp3) is 0.600. The summed E-state index contributed by atoms with van der Waals surface area (Å²) in [5.74, 6) is -0.181. The second-order valence-electron chi connectivity index (χ2n) is 5.38. The van der Waals surface area contributed by atoms with Crippen LogP contribution in [0.2, 0.25) is 0 Å². The lowest BCUT2D eigenvalue weighted by Gasteiger charge is -2.34. The van der Waals surface area contributed by atoms with E-state index in [2.05, 4.69) is 15.2 Å². The van der Waals surface area contributed by atoms with E-state index in [9.17, 15) is 9.90 Å². The fourth-order valence-electron chi connectivity index (χ4n) is 2.66. The largest absolute Gasteiger partial charge is 0.506 e. The molecule has 1 atom stereocenters. The van der Waals surface area contributed by atoms with Gasteiger partial charge in [0, 0.05) is 19.1 Å². The molecule has 0 aliphatic carbocycles. The van der Waals surface area contributed by atoms with E-state index in [1.54, 1.807) is 0 Å². The molecule has 6 heteroatoms. The van der Waals surface area contributed by atoms with E-state index in [0.717, 1.165) is 25.9 Å². The van der Waals surface area contributed by atoms with Gasteiger partial charge < -0.3 is 15.5 Å². The van der Waals surface area contributed by atoms with E-state index in [1.165, 1.54) is 31.2 Å². The number of aromatic hydroxyl groups is 1. The number of carbonyl (C=O) groups is 1. The SMILES string of the molecule is O=C(NCCCN1CCCC[C@H]1CO)c1ccc(O)cn1. The Balaban J connectivity index is 1.69. The number of aliphatic hydroxyl groups excluding tert-OH is 1. The van der Waals surface area contributed by atoms with E-state index in [4.69, 9.17) is 5.11 Å². The van der Waals surface area contributed by atoms with Crippen LogP contribution in [0.25, 0.3) is 0 Å². The molecular formula is C15H23N3O3. The number of carbonyl (C=O) groups excluding carboxylic acids is 1. The molecular weight excluding hydrogens is 270 g/mol. The van der Waals surface area contributed by atoms with Crippen molar-refractivity contribution in [2.75, 3.05) is 26.2 Å². The summed E-state index contributed by atoms with van der Waals surface area (Å²) < 4.78 is 0. The maximum atomic E-state index is 11.8. The zero-order valence-corrected chi connectivity index (χ0v) is 12.2. The smallest absolute Gasteiger partial charge is 0.269 e. The zero-order chi connectivity index (χ0) is 15.1. The molecule has 0 aromatic carbocycles. The third kappa shape index (κ3) is 4.68. The second kappa shape index (κ2) is 7.95. The van der Waals surface area contributed by atoms with Gasteiger partial charge in [-0.15, -0.1) is 0 Å². The first-order chi connectivity index (χ1) is 10.2. The van der Waals surface area contributed by atoms with E-state index in [0.29, 0.717) is 12.2 Å². The Bertz CT molecular complexity index is 450. The number of hydrogen-bond acceptors (Lipinski definition) is 5.